The van der Waals surface area contributed by atoms with E-state index >= 15 is 0 Å². The molecular formula is C37H49NO12S3. The second-order valence-corrected chi connectivity index (χ2v) is 18.0. The fraction of sp³-hybridized carbons (Fsp3) is 0.432. The monoisotopic (exact) mass is 795 g/mol. The molecular weight excluding hydrogens is 747 g/mol. The SMILES string of the molecule is C=C(/C=C/C=C/C=C1/N(CCCCCC(=O)O)c2ccc(S(=O)(=O)O)cc2C1(C)CCCS(=O)(=O)O)C(C)(CCOC)c1cc(S(=O)(=O)O)ccc1C. The molecule has 1 aliphatic heterocycles. The van der Waals surface area contributed by atoms with Crippen molar-refractivity contribution >= 4 is 42.0 Å². The molecule has 1 heterocycles. The summed E-state index contributed by atoms with van der Waals surface area (Å²) in [5, 5.41) is 9.06. The zero-order valence-corrected chi connectivity index (χ0v) is 32.8. The third-order valence-electron chi connectivity index (χ3n) is 9.75. The standard InChI is InChI=1S/C37H49NO12S3/c1-27-16-17-29(52(44,45)46)25-31(27)36(3,21-23-50-5)28(2)13-8-6-9-14-34-37(4,20-12-24-51(41,42)43)32-26-30(53(47,48)49)18-19-33(32)38(34)22-11-7-10-15-35(39)40/h6,8-9,13-14,16-19,25-26H,2,7,10-12,15,20-24H2,1,3-5H3,(H,39,40)(H,41,42,43)(H,44,45,46)(H,47,48,49)/b9-6+,13-8+,34-14+. The van der Waals surface area contributed by atoms with Crippen LogP contribution in [-0.2, 0) is 50.7 Å². The largest absolute Gasteiger partial charge is 0.481 e. The Bertz CT molecular complexity index is 2100. The Morgan fingerprint density at radius 3 is 2.17 bits per heavy atom. The van der Waals surface area contributed by atoms with Gasteiger partial charge in [0, 0.05) is 48.9 Å². The van der Waals surface area contributed by atoms with Crippen LogP contribution in [0.25, 0.3) is 0 Å². The predicted octanol–water partition coefficient (Wildman–Crippen LogP) is 6.43. The number of hydrogen-bond acceptors (Lipinski definition) is 9. The molecule has 0 radical (unpaired) electrons. The van der Waals surface area contributed by atoms with Crippen LogP contribution < -0.4 is 4.90 Å². The van der Waals surface area contributed by atoms with Gasteiger partial charge in [-0.05, 0) is 105 Å². The van der Waals surface area contributed by atoms with E-state index in [4.69, 9.17) is 9.84 Å². The molecule has 0 amide bonds. The Morgan fingerprint density at radius 1 is 0.925 bits per heavy atom. The molecule has 2 aromatic rings. The Kier molecular flexibility index (Phi) is 14.6. The maximum Gasteiger partial charge on any atom is 0.303 e. The highest BCUT2D eigenvalue weighted by molar-refractivity contribution is 7.86. The first-order valence-electron chi connectivity index (χ1n) is 16.9. The molecule has 0 saturated carbocycles. The fourth-order valence-electron chi connectivity index (χ4n) is 6.72. The minimum atomic E-state index is -4.58. The first-order valence-corrected chi connectivity index (χ1v) is 21.4. The van der Waals surface area contributed by atoms with Gasteiger partial charge in [0.15, 0.2) is 0 Å². The number of fused-ring (bicyclic) bond motifs is 1. The van der Waals surface area contributed by atoms with Crippen LogP contribution in [0.5, 0.6) is 0 Å². The smallest absolute Gasteiger partial charge is 0.303 e. The molecule has 0 fully saturated rings. The first kappa shape index (κ1) is 43.8. The van der Waals surface area contributed by atoms with Crippen LogP contribution >= 0.6 is 0 Å². The molecule has 0 aromatic heterocycles. The fourth-order valence-corrected chi connectivity index (χ4v) is 8.25. The minimum absolute atomic E-state index is 0.0147. The first-order chi connectivity index (χ1) is 24.5. The number of methoxy groups -OCH3 is 1. The molecule has 2 aromatic carbocycles. The molecule has 53 heavy (non-hydrogen) atoms. The molecule has 292 valence electrons. The van der Waals surface area contributed by atoms with E-state index in [1.54, 1.807) is 43.5 Å². The molecule has 13 nitrogen and oxygen atoms in total. The summed E-state index contributed by atoms with van der Waals surface area (Å²) in [6.45, 7) is 10.6. The zero-order chi connectivity index (χ0) is 39.8. The van der Waals surface area contributed by atoms with Crippen LogP contribution in [0, 0.1) is 6.92 Å². The van der Waals surface area contributed by atoms with Gasteiger partial charge >= 0.3 is 5.97 Å². The highest BCUT2D eigenvalue weighted by atomic mass is 32.2. The molecule has 1 aliphatic rings. The minimum Gasteiger partial charge on any atom is -0.481 e. The molecule has 4 N–H and O–H groups in total. The molecule has 16 heteroatoms. The number of carboxylic acid groups (broad SMARTS) is 1. The van der Waals surface area contributed by atoms with Gasteiger partial charge in [-0.2, -0.15) is 25.3 Å². The van der Waals surface area contributed by atoms with Crippen molar-refractivity contribution in [2.75, 3.05) is 30.9 Å². The summed E-state index contributed by atoms with van der Waals surface area (Å²) in [4.78, 5) is 12.5. The lowest BCUT2D eigenvalue weighted by Crippen LogP contribution is -2.30. The number of anilines is 1. The van der Waals surface area contributed by atoms with E-state index in [9.17, 15) is 43.7 Å². The molecule has 0 spiro atoms. The van der Waals surface area contributed by atoms with E-state index in [1.807, 2.05) is 31.7 Å². The van der Waals surface area contributed by atoms with Crippen molar-refractivity contribution in [2.24, 2.45) is 0 Å². The second kappa shape index (κ2) is 17.7. The van der Waals surface area contributed by atoms with Gasteiger partial charge in [0.25, 0.3) is 30.4 Å². The zero-order valence-electron chi connectivity index (χ0n) is 30.4. The third kappa shape index (κ3) is 11.4. The van der Waals surface area contributed by atoms with Gasteiger partial charge in [-0.25, -0.2) is 0 Å². The molecule has 0 aliphatic carbocycles. The van der Waals surface area contributed by atoms with Crippen LogP contribution in [0.4, 0.5) is 5.69 Å². The maximum absolute atomic E-state index is 12.1. The van der Waals surface area contributed by atoms with E-state index < -0.39 is 52.9 Å². The summed E-state index contributed by atoms with van der Waals surface area (Å²) in [5.41, 5.74) is 2.20. The van der Waals surface area contributed by atoms with E-state index in [-0.39, 0.29) is 29.1 Å². The van der Waals surface area contributed by atoms with Crippen LogP contribution in [0.2, 0.25) is 0 Å². The Morgan fingerprint density at radius 2 is 1.57 bits per heavy atom. The van der Waals surface area contributed by atoms with Crippen molar-refractivity contribution in [1.82, 2.24) is 0 Å². The van der Waals surface area contributed by atoms with E-state index in [0.29, 0.717) is 66.9 Å². The Hall–Kier alpha value is -3.64. The molecule has 0 bridgehead atoms. The van der Waals surface area contributed by atoms with E-state index in [0.717, 1.165) is 5.56 Å². The molecule has 2 unspecified atom stereocenters. The maximum atomic E-state index is 12.1. The number of carbonyl (C=O) groups is 1. The number of ether oxygens (including phenoxy) is 1. The number of nitrogens with zero attached hydrogens (tertiary/aromatic N) is 1. The number of allylic oxidation sites excluding steroid dienone is 7. The van der Waals surface area contributed by atoms with Crippen molar-refractivity contribution in [1.29, 1.82) is 0 Å². The highest BCUT2D eigenvalue weighted by Crippen LogP contribution is 2.51. The van der Waals surface area contributed by atoms with Crippen LogP contribution in [0.15, 0.2) is 94.4 Å². The van der Waals surface area contributed by atoms with Gasteiger partial charge in [-0.1, -0.05) is 50.3 Å². The van der Waals surface area contributed by atoms with Gasteiger partial charge in [0.05, 0.1) is 15.5 Å². The van der Waals surface area contributed by atoms with Crippen molar-refractivity contribution in [2.45, 2.75) is 86.3 Å². The van der Waals surface area contributed by atoms with Crippen molar-refractivity contribution < 1.29 is 53.5 Å². The Balaban J connectivity index is 2.06. The van der Waals surface area contributed by atoms with Gasteiger partial charge in [-0.15, -0.1) is 0 Å². The quantitative estimate of drug-likeness (QED) is 0.0648. The number of aliphatic carboxylic acids is 1. The summed E-state index contributed by atoms with van der Waals surface area (Å²) >= 11 is 0. The predicted molar refractivity (Wildman–Crippen MR) is 203 cm³/mol. The number of hydrogen-bond donors (Lipinski definition) is 4. The van der Waals surface area contributed by atoms with E-state index in [1.165, 1.54) is 24.3 Å². The van der Waals surface area contributed by atoms with E-state index in [2.05, 4.69) is 6.58 Å². The molecule has 3 rings (SSSR count). The normalized spacial score (nSPS) is 18.5. The average Bonchev–Trinajstić information content (AvgIpc) is 3.27. The van der Waals surface area contributed by atoms with Crippen LogP contribution in [-0.4, -0.2) is 76.0 Å². The lowest BCUT2D eigenvalue weighted by molar-refractivity contribution is -0.137. The molecule has 0 saturated heterocycles. The third-order valence-corrected chi connectivity index (χ3v) is 12.3. The number of aryl methyl sites for hydroxylation is 1. The molecule has 2 atom stereocenters. The van der Waals surface area contributed by atoms with Crippen molar-refractivity contribution in [3.8, 4) is 0 Å². The highest BCUT2D eigenvalue weighted by Gasteiger charge is 2.43. The van der Waals surface area contributed by atoms with Gasteiger partial charge < -0.3 is 14.7 Å². The summed E-state index contributed by atoms with van der Waals surface area (Å²) in [6.07, 6.45) is 11.2. The number of benzene rings is 2. The van der Waals surface area contributed by atoms with Crippen LogP contribution in [0.1, 0.15) is 75.5 Å². The topological polar surface area (TPSA) is 213 Å². The van der Waals surface area contributed by atoms with Gasteiger partial charge in [-0.3, -0.25) is 18.5 Å². The number of unbranched alkanes of at least 4 members (excludes halogenated alkanes) is 2. The lowest BCUT2D eigenvalue weighted by Gasteiger charge is -2.33. The number of rotatable bonds is 20. The van der Waals surface area contributed by atoms with Crippen LogP contribution in [0.3, 0.4) is 0 Å². The van der Waals surface area contributed by atoms with Gasteiger partial charge in [0.1, 0.15) is 0 Å². The summed E-state index contributed by atoms with van der Waals surface area (Å²) < 4.78 is 106. The van der Waals surface area contributed by atoms with Crippen molar-refractivity contribution in [3.05, 3.63) is 101 Å². The Labute approximate surface area is 313 Å². The summed E-state index contributed by atoms with van der Waals surface area (Å²) in [7, 11) is -11.8. The second-order valence-electron chi connectivity index (χ2n) is 13.6. The van der Waals surface area contributed by atoms with Gasteiger partial charge in [0.2, 0.25) is 0 Å². The summed E-state index contributed by atoms with van der Waals surface area (Å²) in [6, 6.07) is 8.61. The number of carboxylic acids is 1. The average molecular weight is 796 g/mol. The van der Waals surface area contributed by atoms with Crippen molar-refractivity contribution in [3.63, 3.8) is 0 Å². The lowest BCUT2D eigenvalue weighted by atomic mass is 9.72. The summed E-state index contributed by atoms with van der Waals surface area (Å²) in [5.74, 6) is -1.42.